The van der Waals surface area contributed by atoms with Crippen molar-refractivity contribution in [3.8, 4) is 9.75 Å². The average molecular weight is 991 g/mol. The van der Waals surface area contributed by atoms with Crippen LogP contribution >= 0.6 is 22.7 Å². The molecule has 1 saturated carbocycles. The van der Waals surface area contributed by atoms with Crippen molar-refractivity contribution in [2.75, 3.05) is 0 Å². The van der Waals surface area contributed by atoms with Crippen molar-refractivity contribution >= 4 is 70.8 Å². The van der Waals surface area contributed by atoms with Gasteiger partial charge in [0.15, 0.2) is 0 Å². The molecule has 0 amide bonds. The molecule has 54 heavy (non-hydrogen) atoms. The molecule has 4 rings (SSSR count). The van der Waals surface area contributed by atoms with Crippen LogP contribution in [0.25, 0.3) is 15.3 Å². The van der Waals surface area contributed by atoms with Gasteiger partial charge >= 0.3 is 228 Å². The zero-order chi connectivity index (χ0) is 38.8. The predicted molar refractivity (Wildman–Crippen MR) is 256 cm³/mol. The maximum absolute atomic E-state index is 2.87. The second-order valence-corrected chi connectivity index (χ2v) is 53.3. The van der Waals surface area contributed by atoms with Gasteiger partial charge in [-0.2, -0.15) is 0 Å². The van der Waals surface area contributed by atoms with Crippen molar-refractivity contribution in [1.29, 1.82) is 0 Å². The van der Waals surface area contributed by atoms with Gasteiger partial charge < -0.3 is 0 Å². The van der Waals surface area contributed by atoms with Crippen molar-refractivity contribution in [3.05, 3.63) is 29.3 Å². The summed E-state index contributed by atoms with van der Waals surface area (Å²) >= 11 is 0.0995. The van der Waals surface area contributed by atoms with Gasteiger partial charge in [-0.3, -0.25) is 0 Å². The van der Waals surface area contributed by atoms with E-state index in [9.17, 15) is 0 Å². The molecule has 0 radical (unpaired) electrons. The predicted octanol–water partition coefficient (Wildman–Crippen LogP) is 17.5. The summed E-state index contributed by atoms with van der Waals surface area (Å²) in [5.74, 6) is 2.65. The van der Waals surface area contributed by atoms with E-state index < -0.39 is 36.8 Å². The van der Waals surface area contributed by atoms with Crippen LogP contribution in [-0.4, -0.2) is 36.8 Å². The quantitative estimate of drug-likeness (QED) is 0.0480. The molecule has 0 aromatic carbocycles. The topological polar surface area (TPSA) is 0 Å². The number of hydrogen-bond donors (Lipinski definition) is 0. The average Bonchev–Trinajstić information content (AvgIpc) is 3.83. The number of thiophene rings is 2. The minimum atomic E-state index is -2.15. The summed E-state index contributed by atoms with van der Waals surface area (Å²) in [7, 11) is 0. The Kier molecular flexibility index (Phi) is 22.3. The zero-order valence-corrected chi connectivity index (χ0v) is 44.6. The molecule has 0 saturated heterocycles. The van der Waals surface area contributed by atoms with Crippen LogP contribution in [0.4, 0.5) is 0 Å². The second-order valence-electron chi connectivity index (χ2n) is 20.3. The number of hydrogen-bond acceptors (Lipinski definition) is 2. The van der Waals surface area contributed by atoms with Gasteiger partial charge in [0.1, 0.15) is 0 Å². The Morgan fingerprint density at radius 1 is 0.463 bits per heavy atom. The molecule has 2 aromatic heterocycles. The molecule has 2 aliphatic rings. The number of rotatable bonds is 29. The van der Waals surface area contributed by atoms with E-state index in [1.54, 1.807) is 32.2 Å². The van der Waals surface area contributed by atoms with Gasteiger partial charge in [0.25, 0.3) is 0 Å². The van der Waals surface area contributed by atoms with Gasteiger partial charge in [-0.05, 0) is 0 Å². The molecule has 0 spiro atoms. The molecule has 1 fully saturated rings. The van der Waals surface area contributed by atoms with E-state index in [1.165, 1.54) is 186 Å². The summed E-state index contributed by atoms with van der Waals surface area (Å²) in [6, 6.07) is 5.40. The van der Waals surface area contributed by atoms with Crippen LogP contribution in [0.1, 0.15) is 211 Å². The van der Waals surface area contributed by atoms with Crippen molar-refractivity contribution in [3.63, 3.8) is 0 Å². The Labute approximate surface area is 354 Å². The van der Waals surface area contributed by atoms with E-state index >= 15 is 0 Å². The molecule has 2 unspecified atom stereocenters. The Morgan fingerprint density at radius 3 is 1.09 bits per heavy atom. The van der Waals surface area contributed by atoms with E-state index in [-0.39, 0.29) is 0 Å². The molecule has 2 aromatic rings. The summed E-state index contributed by atoms with van der Waals surface area (Å²) in [4.78, 5) is 19.0. The number of allylic oxidation sites excluding steroid dienone is 1. The molecule has 308 valence electrons. The fourth-order valence-corrected chi connectivity index (χ4v) is 22.5. The molecule has 2 heterocycles. The summed E-state index contributed by atoms with van der Waals surface area (Å²) in [5, 5.41) is 0. The first-order valence-electron chi connectivity index (χ1n) is 24.0. The Bertz CT molecular complexity index is 1240. The van der Waals surface area contributed by atoms with Crippen LogP contribution in [0.15, 0.2) is 18.2 Å². The first-order chi connectivity index (χ1) is 26.0. The van der Waals surface area contributed by atoms with Gasteiger partial charge in [-0.1, -0.05) is 129 Å². The normalized spacial score (nSPS) is 18.7. The first-order valence-corrected chi connectivity index (χ1v) is 45.6. The van der Waals surface area contributed by atoms with Crippen LogP contribution < -0.4 is 5.79 Å². The monoisotopic (exact) mass is 992 g/mol. The summed E-state index contributed by atoms with van der Waals surface area (Å²) in [5.41, 5.74) is 4.94. The van der Waals surface area contributed by atoms with Crippen molar-refractivity contribution in [2.45, 2.75) is 230 Å². The molecule has 0 aliphatic heterocycles. The summed E-state index contributed by atoms with van der Waals surface area (Å²) in [6.07, 6.45) is 45.3. The zero-order valence-electron chi connectivity index (χ0n) is 37.3. The van der Waals surface area contributed by atoms with Gasteiger partial charge in [0.05, 0.1) is 0 Å². The SMILES string of the molecule is CCCCCCCCCCCCCCC1CC(C=C2c3c[c]([Sn]([CH3])([CH3])[CH3])sc3-c3s[c]([Sn]([CH3])([CH3])[CH3])cc32)C[C@H](CCCCCCCCCCCCCC)C1. The Morgan fingerprint density at radius 2 is 0.778 bits per heavy atom. The molecule has 0 nitrogen and oxygen atoms in total. The van der Waals surface area contributed by atoms with E-state index in [0.29, 0.717) is 0 Å². The van der Waals surface area contributed by atoms with Crippen LogP contribution in [0.2, 0.25) is 29.6 Å². The third kappa shape index (κ3) is 16.4. The standard InChI is InChI=1S/C44H70S2.6CH3.2Sn/c1-3-5-7-9-11-13-15-17-19-21-23-25-27-37-33-38(28-26-24-22-20-18-16-14-12-10-8-6-4-2)35-39(34-37)36-42-40-29-31-45-43(40)44-41(42)30-32-46-44;;;;;;;;/h29-30,36-39H,3-28,33-35H2,1-2H3;6*1H3;;/t37-,38?,39?;;;;;;;;/m1......../s1. The molecule has 4 heteroatoms. The van der Waals surface area contributed by atoms with E-state index in [1.807, 2.05) is 0 Å². The van der Waals surface area contributed by atoms with Crippen LogP contribution in [-0.2, 0) is 0 Å². The Balaban J connectivity index is 1.33. The first kappa shape index (κ1) is 47.4. The van der Waals surface area contributed by atoms with E-state index in [2.05, 4.69) is 84.4 Å². The fourth-order valence-electron chi connectivity index (χ4n) is 9.59. The van der Waals surface area contributed by atoms with Crippen molar-refractivity contribution in [2.24, 2.45) is 17.8 Å². The maximum atomic E-state index is 2.87. The van der Waals surface area contributed by atoms with Gasteiger partial charge in [0.2, 0.25) is 0 Å². The molecular formula is C50H88S2Sn2. The van der Waals surface area contributed by atoms with Crippen LogP contribution in [0, 0.1) is 17.8 Å². The number of unbranched alkanes of at least 4 members (excludes halogenated alkanes) is 22. The molecule has 3 atom stereocenters. The third-order valence-corrected chi connectivity index (χ3v) is 34.3. The minimum absolute atomic E-state index is 0.764. The van der Waals surface area contributed by atoms with Gasteiger partial charge in [-0.25, -0.2) is 0 Å². The van der Waals surface area contributed by atoms with Gasteiger partial charge in [-0.15, -0.1) is 0 Å². The molecule has 2 aliphatic carbocycles. The summed E-state index contributed by atoms with van der Waals surface area (Å²) in [6.45, 7) is 4.65. The van der Waals surface area contributed by atoms with Crippen molar-refractivity contribution in [1.82, 2.24) is 0 Å². The number of fused-ring (bicyclic) bond motifs is 3. The second kappa shape index (κ2) is 25.4. The third-order valence-electron chi connectivity index (χ3n) is 13.0. The summed E-state index contributed by atoms with van der Waals surface area (Å²) < 4.78 is 3.55. The fraction of sp³-hybridized carbons (Fsp3) is 0.800. The molecular weight excluding hydrogens is 902 g/mol. The molecule has 0 N–H and O–H groups in total. The molecule has 0 bridgehead atoms. The van der Waals surface area contributed by atoms with Gasteiger partial charge in [0, 0.05) is 0 Å². The van der Waals surface area contributed by atoms with Crippen molar-refractivity contribution < 1.29 is 0 Å². The van der Waals surface area contributed by atoms with Crippen LogP contribution in [0.3, 0.4) is 0 Å². The Hall–Kier alpha value is 0.737. The van der Waals surface area contributed by atoms with Crippen LogP contribution in [0.5, 0.6) is 0 Å². The van der Waals surface area contributed by atoms with E-state index in [0.717, 1.165) is 17.8 Å². The van der Waals surface area contributed by atoms with E-state index in [4.69, 9.17) is 0 Å².